The number of nitrogens with zero attached hydrogens (tertiary/aromatic N) is 1. The summed E-state index contributed by atoms with van der Waals surface area (Å²) in [7, 11) is 0. The van der Waals surface area contributed by atoms with Gasteiger partial charge >= 0.3 is 0 Å². The molecule has 1 aromatic rings. The lowest BCUT2D eigenvalue weighted by molar-refractivity contribution is 0.0939. The van der Waals surface area contributed by atoms with E-state index in [0.717, 1.165) is 0 Å². The van der Waals surface area contributed by atoms with Crippen molar-refractivity contribution in [2.45, 2.75) is 33.7 Å². The number of carbonyl (C=O) groups excluding carboxylic acids is 2. The molecule has 1 heterocycles. The number of nitrogens with two attached hydrogens (primary N) is 1. The summed E-state index contributed by atoms with van der Waals surface area (Å²) in [6, 6.07) is -0.0883. The molecular weight excluding hydrogens is 234 g/mol. The highest BCUT2D eigenvalue weighted by Gasteiger charge is 2.23. The van der Waals surface area contributed by atoms with E-state index in [9.17, 15) is 14.7 Å². The van der Waals surface area contributed by atoms with Crippen LogP contribution < -0.4 is 11.1 Å². The van der Waals surface area contributed by atoms with Crippen LogP contribution in [0.2, 0.25) is 0 Å². The van der Waals surface area contributed by atoms with Crippen LogP contribution in [0.5, 0.6) is 5.75 Å². The van der Waals surface area contributed by atoms with Crippen molar-refractivity contribution < 1.29 is 14.7 Å². The van der Waals surface area contributed by atoms with E-state index in [2.05, 4.69) is 10.3 Å². The minimum absolute atomic E-state index is 0.0110. The zero-order chi connectivity index (χ0) is 14.0. The first-order valence-corrected chi connectivity index (χ1v) is 5.56. The Morgan fingerprint density at radius 1 is 1.22 bits per heavy atom. The predicted molar refractivity (Wildman–Crippen MR) is 66.5 cm³/mol. The average Bonchev–Trinajstić information content (AvgIpc) is 2.13. The molecule has 98 valence electrons. The summed E-state index contributed by atoms with van der Waals surface area (Å²) >= 11 is 0. The maximum absolute atomic E-state index is 11.9. The van der Waals surface area contributed by atoms with Crippen LogP contribution in [-0.2, 0) is 0 Å². The third-order valence-electron chi connectivity index (χ3n) is 2.43. The number of pyridine rings is 1. The number of hydrogen-bond donors (Lipinski definition) is 3. The summed E-state index contributed by atoms with van der Waals surface area (Å²) in [5, 5.41) is 12.6. The van der Waals surface area contributed by atoms with E-state index >= 15 is 0 Å². The summed E-state index contributed by atoms with van der Waals surface area (Å²) in [4.78, 5) is 27.2. The molecule has 0 atom stereocenters. The molecule has 0 aliphatic rings. The Labute approximate surface area is 105 Å². The van der Waals surface area contributed by atoms with Crippen molar-refractivity contribution in [3.05, 3.63) is 22.5 Å². The molecule has 18 heavy (non-hydrogen) atoms. The zero-order valence-corrected chi connectivity index (χ0v) is 10.9. The third kappa shape index (κ3) is 2.58. The Kier molecular flexibility index (Phi) is 3.90. The lowest BCUT2D eigenvalue weighted by atomic mass is 10.0. The molecule has 6 nitrogen and oxygen atoms in total. The van der Waals surface area contributed by atoms with Crippen molar-refractivity contribution in [3.8, 4) is 5.75 Å². The van der Waals surface area contributed by atoms with Gasteiger partial charge in [-0.15, -0.1) is 0 Å². The second kappa shape index (κ2) is 5.03. The quantitative estimate of drug-likeness (QED) is 0.733. The lowest BCUT2D eigenvalue weighted by Gasteiger charge is -2.14. The van der Waals surface area contributed by atoms with Crippen LogP contribution in [0.4, 0.5) is 0 Å². The maximum atomic E-state index is 11.9. The number of rotatable bonds is 3. The molecule has 0 radical (unpaired) electrons. The third-order valence-corrected chi connectivity index (χ3v) is 2.43. The molecule has 0 saturated carbocycles. The fourth-order valence-corrected chi connectivity index (χ4v) is 1.73. The van der Waals surface area contributed by atoms with E-state index in [1.807, 2.05) is 0 Å². The van der Waals surface area contributed by atoms with Crippen molar-refractivity contribution in [1.29, 1.82) is 0 Å². The van der Waals surface area contributed by atoms with Gasteiger partial charge in [-0.2, -0.15) is 0 Å². The van der Waals surface area contributed by atoms with E-state index < -0.39 is 17.6 Å². The summed E-state index contributed by atoms with van der Waals surface area (Å²) in [5.74, 6) is -1.70. The van der Waals surface area contributed by atoms with Crippen LogP contribution in [0.15, 0.2) is 0 Å². The van der Waals surface area contributed by atoms with Crippen molar-refractivity contribution >= 4 is 11.8 Å². The molecule has 1 rings (SSSR count). The van der Waals surface area contributed by atoms with Gasteiger partial charge in [0.2, 0.25) is 0 Å². The number of amides is 2. The number of aromatic nitrogens is 1. The zero-order valence-electron chi connectivity index (χ0n) is 10.9. The monoisotopic (exact) mass is 251 g/mol. The molecule has 6 heteroatoms. The number of hydrogen-bond acceptors (Lipinski definition) is 4. The van der Waals surface area contributed by atoms with E-state index in [0.29, 0.717) is 11.4 Å². The summed E-state index contributed by atoms with van der Waals surface area (Å²) < 4.78 is 0. The molecular formula is C12H17N3O3. The Hall–Kier alpha value is -2.11. The Balaban J connectivity index is 3.41. The number of carbonyl (C=O) groups is 2. The second-order valence-corrected chi connectivity index (χ2v) is 4.37. The number of aromatic hydroxyl groups is 1. The molecule has 4 N–H and O–H groups in total. The standard InChI is InChI=1S/C12H17N3O3/c1-5(2)14-12(18)9-7(4)15-6(3)8(10(9)16)11(13)17/h5H,1-4H3,(H2,13,17)(H,14,18)(H,15,16). The van der Waals surface area contributed by atoms with Crippen molar-refractivity contribution in [2.24, 2.45) is 5.73 Å². The Bertz CT molecular complexity index is 510. The first kappa shape index (κ1) is 14.0. The van der Waals surface area contributed by atoms with Crippen molar-refractivity contribution in [1.82, 2.24) is 10.3 Å². The van der Waals surface area contributed by atoms with Crippen LogP contribution in [0.3, 0.4) is 0 Å². The van der Waals surface area contributed by atoms with Gasteiger partial charge in [-0.3, -0.25) is 14.6 Å². The normalized spacial score (nSPS) is 10.5. The maximum Gasteiger partial charge on any atom is 0.257 e. The molecule has 0 bridgehead atoms. The number of primary amides is 1. The Morgan fingerprint density at radius 2 is 1.72 bits per heavy atom. The van der Waals surface area contributed by atoms with Crippen molar-refractivity contribution in [2.75, 3.05) is 0 Å². The minimum atomic E-state index is -0.809. The second-order valence-electron chi connectivity index (χ2n) is 4.37. The highest BCUT2D eigenvalue weighted by atomic mass is 16.3. The van der Waals surface area contributed by atoms with Crippen LogP contribution in [-0.4, -0.2) is 27.9 Å². The predicted octanol–water partition coefficient (Wildman–Crippen LogP) is 0.641. The van der Waals surface area contributed by atoms with Gasteiger partial charge in [-0.25, -0.2) is 0 Å². The van der Waals surface area contributed by atoms with Gasteiger partial charge in [-0.1, -0.05) is 0 Å². The molecule has 0 spiro atoms. The molecule has 2 amide bonds. The van der Waals surface area contributed by atoms with Gasteiger partial charge in [0, 0.05) is 6.04 Å². The van der Waals surface area contributed by atoms with Gasteiger partial charge < -0.3 is 16.2 Å². The topological polar surface area (TPSA) is 105 Å². The Morgan fingerprint density at radius 3 is 2.17 bits per heavy atom. The van der Waals surface area contributed by atoms with E-state index in [1.165, 1.54) is 0 Å². The average molecular weight is 251 g/mol. The molecule has 0 unspecified atom stereocenters. The lowest BCUT2D eigenvalue weighted by Crippen LogP contribution is -2.31. The van der Waals surface area contributed by atoms with E-state index in [-0.39, 0.29) is 17.2 Å². The van der Waals surface area contributed by atoms with Crippen LogP contribution >= 0.6 is 0 Å². The molecule has 0 aromatic carbocycles. The fourth-order valence-electron chi connectivity index (χ4n) is 1.73. The molecule has 0 saturated heterocycles. The first-order chi connectivity index (χ1) is 8.25. The SMILES string of the molecule is Cc1nc(C)c(C(=O)NC(C)C)c(O)c1C(N)=O. The van der Waals surface area contributed by atoms with Gasteiger partial charge in [0.25, 0.3) is 11.8 Å². The van der Waals surface area contributed by atoms with Gasteiger partial charge in [0.05, 0.1) is 11.4 Å². The largest absolute Gasteiger partial charge is 0.506 e. The fraction of sp³-hybridized carbons (Fsp3) is 0.417. The molecule has 1 aromatic heterocycles. The summed E-state index contributed by atoms with van der Waals surface area (Å²) in [6.45, 7) is 6.73. The number of nitrogens with one attached hydrogen (secondary N) is 1. The van der Waals surface area contributed by atoms with Gasteiger partial charge in [0.1, 0.15) is 16.9 Å². The summed E-state index contributed by atoms with van der Waals surface area (Å²) in [6.07, 6.45) is 0. The number of aryl methyl sites for hydroxylation is 2. The molecule has 0 aliphatic heterocycles. The highest BCUT2D eigenvalue weighted by molar-refractivity contribution is 6.04. The van der Waals surface area contributed by atoms with Gasteiger partial charge in [0.15, 0.2) is 0 Å². The van der Waals surface area contributed by atoms with Crippen LogP contribution in [0.25, 0.3) is 0 Å². The van der Waals surface area contributed by atoms with Crippen molar-refractivity contribution in [3.63, 3.8) is 0 Å². The van der Waals surface area contributed by atoms with Gasteiger partial charge in [-0.05, 0) is 27.7 Å². The van der Waals surface area contributed by atoms with Crippen LogP contribution in [0.1, 0.15) is 46.0 Å². The first-order valence-electron chi connectivity index (χ1n) is 5.56. The summed E-state index contributed by atoms with van der Waals surface area (Å²) in [5.41, 5.74) is 5.70. The van der Waals surface area contributed by atoms with Crippen LogP contribution in [0, 0.1) is 13.8 Å². The van der Waals surface area contributed by atoms with E-state index in [1.54, 1.807) is 27.7 Å². The highest BCUT2D eigenvalue weighted by Crippen LogP contribution is 2.26. The molecule has 0 fully saturated rings. The van der Waals surface area contributed by atoms with E-state index in [4.69, 9.17) is 5.73 Å². The minimum Gasteiger partial charge on any atom is -0.506 e. The molecule has 0 aliphatic carbocycles. The smallest absolute Gasteiger partial charge is 0.257 e.